The monoisotopic (exact) mass is 330 g/mol. The minimum atomic E-state index is -0.807. The highest BCUT2D eigenvalue weighted by molar-refractivity contribution is 5.76. The fourth-order valence-corrected chi connectivity index (χ4v) is 3.91. The molecule has 0 bridgehead atoms. The van der Waals surface area contributed by atoms with Crippen molar-refractivity contribution < 1.29 is 14.7 Å². The Morgan fingerprint density at radius 3 is 2.62 bits per heavy atom. The van der Waals surface area contributed by atoms with Crippen molar-refractivity contribution in [3.63, 3.8) is 0 Å². The van der Waals surface area contributed by atoms with Gasteiger partial charge in [-0.2, -0.15) is 0 Å². The van der Waals surface area contributed by atoms with Crippen molar-refractivity contribution >= 4 is 12.0 Å². The molecular formula is C19H26N2O3. The molecule has 130 valence electrons. The number of carbonyl (C=O) groups excluding carboxylic acids is 1. The molecule has 2 aliphatic rings. The van der Waals surface area contributed by atoms with Crippen LogP contribution in [0.2, 0.25) is 0 Å². The number of carboxylic acid groups (broad SMARTS) is 1. The largest absolute Gasteiger partial charge is 0.481 e. The summed E-state index contributed by atoms with van der Waals surface area (Å²) < 4.78 is 0. The van der Waals surface area contributed by atoms with Gasteiger partial charge in [-0.25, -0.2) is 4.79 Å². The predicted octanol–water partition coefficient (Wildman–Crippen LogP) is 2.78. The first-order chi connectivity index (χ1) is 11.4. The van der Waals surface area contributed by atoms with Gasteiger partial charge in [0.1, 0.15) is 0 Å². The third-order valence-corrected chi connectivity index (χ3v) is 5.44. The summed E-state index contributed by atoms with van der Waals surface area (Å²) in [6.07, 6.45) is 2.82. The normalized spacial score (nSPS) is 25.2. The Morgan fingerprint density at radius 2 is 2.00 bits per heavy atom. The Balaban J connectivity index is 1.61. The predicted molar refractivity (Wildman–Crippen MR) is 92.0 cm³/mol. The zero-order valence-corrected chi connectivity index (χ0v) is 14.4. The van der Waals surface area contributed by atoms with Crippen molar-refractivity contribution in [1.29, 1.82) is 0 Å². The van der Waals surface area contributed by atoms with Crippen LogP contribution < -0.4 is 5.32 Å². The molecule has 1 aromatic carbocycles. The molecule has 2 fully saturated rings. The van der Waals surface area contributed by atoms with E-state index in [1.807, 2.05) is 19.1 Å². The Hall–Kier alpha value is -2.04. The summed E-state index contributed by atoms with van der Waals surface area (Å²) in [6, 6.07) is 8.22. The maximum Gasteiger partial charge on any atom is 0.317 e. The summed E-state index contributed by atoms with van der Waals surface area (Å²) in [6.45, 7) is 5.68. The molecule has 1 aliphatic heterocycles. The van der Waals surface area contributed by atoms with Crippen LogP contribution in [0.15, 0.2) is 24.3 Å². The molecule has 0 spiro atoms. The van der Waals surface area contributed by atoms with Gasteiger partial charge < -0.3 is 15.3 Å². The summed E-state index contributed by atoms with van der Waals surface area (Å²) in [7, 11) is 0. The average Bonchev–Trinajstić information content (AvgIpc) is 3.33. The van der Waals surface area contributed by atoms with Crippen molar-refractivity contribution in [2.45, 2.75) is 38.5 Å². The van der Waals surface area contributed by atoms with E-state index in [0.717, 1.165) is 12.8 Å². The van der Waals surface area contributed by atoms with Crippen molar-refractivity contribution in [3.05, 3.63) is 35.4 Å². The molecule has 0 radical (unpaired) electrons. The van der Waals surface area contributed by atoms with Gasteiger partial charge in [-0.15, -0.1) is 0 Å². The molecule has 5 nitrogen and oxygen atoms in total. The highest BCUT2D eigenvalue weighted by Crippen LogP contribution is 2.48. The molecule has 5 heteroatoms. The lowest BCUT2D eigenvalue weighted by Crippen LogP contribution is -2.50. The van der Waals surface area contributed by atoms with E-state index in [2.05, 4.69) is 24.4 Å². The minimum Gasteiger partial charge on any atom is -0.481 e. The maximum atomic E-state index is 12.5. The Bertz CT molecular complexity index is 639. The van der Waals surface area contributed by atoms with Gasteiger partial charge in [-0.1, -0.05) is 31.2 Å². The lowest BCUT2D eigenvalue weighted by atomic mass is 9.90. The lowest BCUT2D eigenvalue weighted by Gasteiger charge is -2.35. The smallest absolute Gasteiger partial charge is 0.317 e. The number of aliphatic carboxylic acids is 1. The quantitative estimate of drug-likeness (QED) is 0.892. The van der Waals surface area contributed by atoms with E-state index in [0.29, 0.717) is 26.1 Å². The van der Waals surface area contributed by atoms with Gasteiger partial charge in [0.15, 0.2) is 0 Å². The van der Waals surface area contributed by atoms with Crippen molar-refractivity contribution in [1.82, 2.24) is 10.2 Å². The third-order valence-electron chi connectivity index (χ3n) is 5.44. The molecular weight excluding hydrogens is 304 g/mol. The third kappa shape index (κ3) is 3.40. The number of amides is 2. The first-order valence-electron chi connectivity index (χ1n) is 8.73. The second-order valence-corrected chi connectivity index (χ2v) is 7.53. The fraction of sp³-hybridized carbons (Fsp3) is 0.579. The van der Waals surface area contributed by atoms with Crippen molar-refractivity contribution in [2.24, 2.45) is 11.8 Å². The van der Waals surface area contributed by atoms with Crippen molar-refractivity contribution in [2.75, 3.05) is 19.6 Å². The summed E-state index contributed by atoms with van der Waals surface area (Å²) in [5.41, 5.74) is 2.65. The number of benzene rings is 1. The Kier molecular flexibility index (Phi) is 4.52. The number of carboxylic acids is 1. The van der Waals surface area contributed by atoms with E-state index in [-0.39, 0.29) is 17.4 Å². The number of hydrogen-bond donors (Lipinski definition) is 2. The van der Waals surface area contributed by atoms with Gasteiger partial charge in [-0.3, -0.25) is 4.79 Å². The summed E-state index contributed by atoms with van der Waals surface area (Å²) >= 11 is 0. The molecule has 2 unspecified atom stereocenters. The lowest BCUT2D eigenvalue weighted by molar-refractivity contribution is -0.143. The standard InChI is InChI=1S/C19H26N2O3/c1-13-9-15(17(22)23)11-21(10-13)18(24)20-12-19(7-8-19)16-6-4-3-5-14(16)2/h3-6,13,15H,7-12H2,1-2H3,(H,20,24)(H,22,23). The van der Waals surface area contributed by atoms with Gasteiger partial charge >= 0.3 is 12.0 Å². The number of nitrogens with one attached hydrogen (secondary N) is 1. The molecule has 2 atom stereocenters. The van der Waals surface area contributed by atoms with Crippen LogP contribution in [0.25, 0.3) is 0 Å². The van der Waals surface area contributed by atoms with Crippen LogP contribution in [0.5, 0.6) is 0 Å². The van der Waals surface area contributed by atoms with Crippen LogP contribution in [-0.2, 0) is 10.2 Å². The Labute approximate surface area is 143 Å². The van der Waals surface area contributed by atoms with Gasteiger partial charge in [0.25, 0.3) is 0 Å². The van der Waals surface area contributed by atoms with Gasteiger partial charge in [0.05, 0.1) is 5.92 Å². The fourth-order valence-electron chi connectivity index (χ4n) is 3.91. The molecule has 1 heterocycles. The van der Waals surface area contributed by atoms with E-state index in [1.165, 1.54) is 11.1 Å². The van der Waals surface area contributed by atoms with Crippen LogP contribution in [0.3, 0.4) is 0 Å². The molecule has 1 aromatic rings. The molecule has 2 N–H and O–H groups in total. The van der Waals surface area contributed by atoms with Crippen LogP contribution in [-0.4, -0.2) is 41.6 Å². The highest BCUT2D eigenvalue weighted by Gasteiger charge is 2.45. The van der Waals surface area contributed by atoms with Crippen LogP contribution in [0, 0.1) is 18.8 Å². The number of nitrogens with zero attached hydrogens (tertiary/aromatic N) is 1. The second-order valence-electron chi connectivity index (χ2n) is 7.53. The average molecular weight is 330 g/mol. The molecule has 24 heavy (non-hydrogen) atoms. The molecule has 3 rings (SSSR count). The topological polar surface area (TPSA) is 69.6 Å². The van der Waals surface area contributed by atoms with Gasteiger partial charge in [-0.05, 0) is 43.2 Å². The highest BCUT2D eigenvalue weighted by atomic mass is 16.4. The summed E-state index contributed by atoms with van der Waals surface area (Å²) in [4.78, 5) is 25.5. The SMILES string of the molecule is Cc1ccccc1C1(CNC(=O)N2CC(C)CC(C(=O)O)C2)CC1. The number of urea groups is 1. The number of aryl methyl sites for hydroxylation is 1. The Morgan fingerprint density at radius 1 is 1.29 bits per heavy atom. The van der Waals surface area contributed by atoms with Crippen LogP contribution in [0.4, 0.5) is 4.79 Å². The van der Waals surface area contributed by atoms with E-state index in [4.69, 9.17) is 0 Å². The molecule has 1 saturated heterocycles. The van der Waals surface area contributed by atoms with E-state index < -0.39 is 11.9 Å². The summed E-state index contributed by atoms with van der Waals surface area (Å²) in [5, 5.41) is 12.3. The summed E-state index contributed by atoms with van der Waals surface area (Å²) in [5.74, 6) is -1.04. The molecule has 1 aliphatic carbocycles. The minimum absolute atomic E-state index is 0.0641. The van der Waals surface area contributed by atoms with E-state index in [9.17, 15) is 14.7 Å². The maximum absolute atomic E-state index is 12.5. The first kappa shape index (κ1) is 16.8. The number of piperidine rings is 1. The van der Waals surface area contributed by atoms with E-state index in [1.54, 1.807) is 4.90 Å². The zero-order chi connectivity index (χ0) is 17.3. The van der Waals surface area contributed by atoms with Gasteiger partial charge in [0.2, 0.25) is 0 Å². The number of carbonyl (C=O) groups is 2. The van der Waals surface area contributed by atoms with Crippen LogP contribution in [0.1, 0.15) is 37.3 Å². The number of hydrogen-bond acceptors (Lipinski definition) is 2. The number of rotatable bonds is 4. The molecule has 2 amide bonds. The van der Waals surface area contributed by atoms with E-state index >= 15 is 0 Å². The number of likely N-dealkylation sites (tertiary alicyclic amines) is 1. The molecule has 1 saturated carbocycles. The van der Waals surface area contributed by atoms with Gasteiger partial charge in [0, 0.05) is 25.0 Å². The van der Waals surface area contributed by atoms with Crippen molar-refractivity contribution in [3.8, 4) is 0 Å². The second kappa shape index (κ2) is 6.46. The molecule has 0 aromatic heterocycles. The zero-order valence-electron chi connectivity index (χ0n) is 14.4. The van der Waals surface area contributed by atoms with Crippen LogP contribution >= 0.6 is 0 Å². The first-order valence-corrected chi connectivity index (χ1v) is 8.73.